The number of nitrogens with zero attached hydrogens (tertiary/aromatic N) is 3. The summed E-state index contributed by atoms with van der Waals surface area (Å²) < 4.78 is 17.6. The molecule has 2 amide bonds. The Morgan fingerprint density at radius 2 is 1.62 bits per heavy atom. The number of aromatic nitrogens is 1. The third-order valence-electron chi connectivity index (χ3n) is 8.95. The van der Waals surface area contributed by atoms with Crippen LogP contribution in [0.5, 0.6) is 5.75 Å². The summed E-state index contributed by atoms with van der Waals surface area (Å²) in [5, 5.41) is 4.14. The second-order valence-electron chi connectivity index (χ2n) is 12.1. The number of amides is 2. The van der Waals surface area contributed by atoms with E-state index in [-0.39, 0.29) is 17.7 Å². The molecule has 6 rings (SSSR count). The number of aryl methyl sites for hydroxylation is 3. The second-order valence-corrected chi connectivity index (χ2v) is 12.1. The van der Waals surface area contributed by atoms with Crippen molar-refractivity contribution in [3.8, 4) is 16.9 Å². The van der Waals surface area contributed by atoms with Gasteiger partial charge in [0.2, 0.25) is 5.91 Å². The number of ether oxygens (including phenoxy) is 2. The Morgan fingerprint density at radius 3 is 2.40 bits per heavy atom. The van der Waals surface area contributed by atoms with Gasteiger partial charge >= 0.3 is 0 Å². The number of piperidine rings is 1. The van der Waals surface area contributed by atoms with Crippen molar-refractivity contribution in [3.63, 3.8) is 0 Å². The van der Waals surface area contributed by atoms with Crippen molar-refractivity contribution in [2.45, 2.75) is 46.6 Å². The molecular weight excluding hydrogens is 566 g/mol. The minimum atomic E-state index is -0.119. The van der Waals surface area contributed by atoms with Crippen LogP contribution in [-0.2, 0) is 22.5 Å². The zero-order chi connectivity index (χ0) is 31.3. The summed E-state index contributed by atoms with van der Waals surface area (Å²) in [6, 6.07) is 22.4. The maximum absolute atomic E-state index is 13.9. The number of benzene rings is 3. The number of carbonyl (C=O) groups excluding carboxylic acids is 2. The lowest BCUT2D eigenvalue weighted by Crippen LogP contribution is -2.45. The van der Waals surface area contributed by atoms with Crippen LogP contribution in [0.1, 0.15) is 56.9 Å². The van der Waals surface area contributed by atoms with E-state index in [1.807, 2.05) is 60.9 Å². The third-order valence-corrected chi connectivity index (χ3v) is 8.95. The SMILES string of the molecule is Cc1ccccc1C(=O)N1CCC(C(=O)N2CCOCCOc3ccc(-c4c(C)noc4C)cc3Cc3cccc(c3)C2)CC1. The summed E-state index contributed by atoms with van der Waals surface area (Å²) in [6.07, 6.45) is 2.00. The molecule has 4 aromatic rings. The van der Waals surface area contributed by atoms with Gasteiger partial charge in [-0.1, -0.05) is 53.7 Å². The molecule has 1 saturated heterocycles. The topological polar surface area (TPSA) is 85.1 Å². The standard InChI is InChI=1S/C37H41N3O5/c1-25-7-4-5-10-33(25)37(42)39-15-13-30(14-16-39)36(41)40-17-18-43-19-20-44-34-12-11-31(35-26(2)38-45-27(35)3)23-32(34)22-28-8-6-9-29(21-28)24-40/h4-12,21,23,30H,13-20,22,24H2,1-3H3. The summed E-state index contributed by atoms with van der Waals surface area (Å²) in [7, 11) is 0. The van der Waals surface area contributed by atoms with E-state index >= 15 is 0 Å². The average molecular weight is 608 g/mol. The van der Waals surface area contributed by atoms with Gasteiger partial charge in [-0.25, -0.2) is 0 Å². The zero-order valence-corrected chi connectivity index (χ0v) is 26.4. The molecule has 234 valence electrons. The normalized spacial score (nSPS) is 16.4. The van der Waals surface area contributed by atoms with Crippen molar-refractivity contribution in [1.29, 1.82) is 0 Å². The van der Waals surface area contributed by atoms with E-state index in [0.717, 1.165) is 56.1 Å². The van der Waals surface area contributed by atoms with Crippen LogP contribution in [0.3, 0.4) is 0 Å². The van der Waals surface area contributed by atoms with Gasteiger partial charge in [-0.15, -0.1) is 0 Å². The van der Waals surface area contributed by atoms with Gasteiger partial charge in [0, 0.05) is 49.6 Å². The molecule has 2 bridgehead atoms. The lowest BCUT2D eigenvalue weighted by Gasteiger charge is -2.34. The van der Waals surface area contributed by atoms with Gasteiger partial charge < -0.3 is 23.8 Å². The molecule has 0 spiro atoms. The van der Waals surface area contributed by atoms with E-state index in [1.54, 1.807) is 0 Å². The maximum Gasteiger partial charge on any atom is 0.254 e. The molecule has 1 fully saturated rings. The second kappa shape index (κ2) is 13.7. The number of fused-ring (bicyclic) bond motifs is 3. The molecule has 3 aromatic carbocycles. The summed E-state index contributed by atoms with van der Waals surface area (Å²) >= 11 is 0. The Balaban J connectivity index is 1.18. The summed E-state index contributed by atoms with van der Waals surface area (Å²) in [5.74, 6) is 1.68. The van der Waals surface area contributed by atoms with E-state index in [1.165, 1.54) is 0 Å². The first-order valence-corrected chi connectivity index (χ1v) is 15.9. The smallest absolute Gasteiger partial charge is 0.254 e. The van der Waals surface area contributed by atoms with Crippen LogP contribution in [0.25, 0.3) is 11.1 Å². The van der Waals surface area contributed by atoms with Crippen LogP contribution < -0.4 is 4.74 Å². The molecule has 3 heterocycles. The summed E-state index contributed by atoms with van der Waals surface area (Å²) in [5.41, 5.74) is 7.93. The predicted octanol–water partition coefficient (Wildman–Crippen LogP) is 6.15. The molecule has 8 nitrogen and oxygen atoms in total. The summed E-state index contributed by atoms with van der Waals surface area (Å²) in [4.78, 5) is 30.8. The van der Waals surface area contributed by atoms with Gasteiger partial charge in [-0.05, 0) is 79.6 Å². The zero-order valence-electron chi connectivity index (χ0n) is 26.4. The van der Waals surface area contributed by atoms with Gasteiger partial charge in [0.1, 0.15) is 18.1 Å². The quantitative estimate of drug-likeness (QED) is 0.278. The Labute approximate surface area is 264 Å². The van der Waals surface area contributed by atoms with Gasteiger partial charge in [0.05, 0.1) is 18.9 Å². The fraction of sp³-hybridized carbons (Fsp3) is 0.378. The number of rotatable bonds is 3. The Bertz CT molecular complexity index is 1650. The highest BCUT2D eigenvalue weighted by Gasteiger charge is 2.31. The highest BCUT2D eigenvalue weighted by atomic mass is 16.5. The van der Waals surface area contributed by atoms with E-state index in [9.17, 15) is 9.59 Å². The molecule has 0 atom stereocenters. The van der Waals surface area contributed by atoms with Crippen LogP contribution in [0.2, 0.25) is 0 Å². The molecule has 0 saturated carbocycles. The van der Waals surface area contributed by atoms with Crippen LogP contribution in [0.4, 0.5) is 0 Å². The van der Waals surface area contributed by atoms with E-state index in [4.69, 9.17) is 14.0 Å². The lowest BCUT2D eigenvalue weighted by atomic mass is 9.94. The first-order chi connectivity index (χ1) is 21.9. The number of carbonyl (C=O) groups is 2. The summed E-state index contributed by atoms with van der Waals surface area (Å²) in [6.45, 7) is 9.30. The van der Waals surface area contributed by atoms with Crippen molar-refractivity contribution < 1.29 is 23.6 Å². The average Bonchev–Trinajstić information content (AvgIpc) is 3.39. The largest absolute Gasteiger partial charge is 0.491 e. The number of hydrogen-bond acceptors (Lipinski definition) is 6. The molecule has 0 aliphatic carbocycles. The van der Waals surface area contributed by atoms with Gasteiger partial charge in [0.25, 0.3) is 5.91 Å². The van der Waals surface area contributed by atoms with Crippen LogP contribution in [0.15, 0.2) is 71.3 Å². The van der Waals surface area contributed by atoms with Crippen molar-refractivity contribution in [2.24, 2.45) is 5.92 Å². The van der Waals surface area contributed by atoms with Gasteiger partial charge in [-0.3, -0.25) is 9.59 Å². The van der Waals surface area contributed by atoms with E-state index < -0.39 is 0 Å². The molecule has 0 unspecified atom stereocenters. The Hall–Kier alpha value is -4.43. The number of hydrogen-bond donors (Lipinski definition) is 0. The highest BCUT2D eigenvalue weighted by molar-refractivity contribution is 5.95. The van der Waals surface area contributed by atoms with Crippen LogP contribution in [0, 0.1) is 26.7 Å². The maximum atomic E-state index is 13.9. The van der Waals surface area contributed by atoms with Crippen molar-refractivity contribution in [2.75, 3.05) is 39.5 Å². The lowest BCUT2D eigenvalue weighted by molar-refractivity contribution is -0.138. The molecule has 2 aliphatic rings. The van der Waals surface area contributed by atoms with Crippen molar-refractivity contribution >= 4 is 11.8 Å². The fourth-order valence-electron chi connectivity index (χ4n) is 6.51. The van der Waals surface area contributed by atoms with Crippen molar-refractivity contribution in [1.82, 2.24) is 15.0 Å². The minimum absolute atomic E-state index is 0.0464. The van der Waals surface area contributed by atoms with Gasteiger partial charge in [-0.2, -0.15) is 0 Å². The molecule has 1 aromatic heterocycles. The molecule has 0 N–H and O–H groups in total. The fourth-order valence-corrected chi connectivity index (χ4v) is 6.51. The van der Waals surface area contributed by atoms with E-state index in [0.29, 0.717) is 65.3 Å². The minimum Gasteiger partial charge on any atom is -0.491 e. The third kappa shape index (κ3) is 6.96. The van der Waals surface area contributed by atoms with E-state index in [2.05, 4.69) is 41.6 Å². The number of likely N-dealkylation sites (tertiary alicyclic amines) is 1. The molecule has 45 heavy (non-hydrogen) atoms. The van der Waals surface area contributed by atoms with Gasteiger partial charge in [0.15, 0.2) is 0 Å². The Morgan fingerprint density at radius 1 is 0.822 bits per heavy atom. The highest BCUT2D eigenvalue weighted by Crippen LogP contribution is 2.33. The molecule has 0 radical (unpaired) electrons. The molecule has 8 heteroatoms. The molecule has 2 aliphatic heterocycles. The first-order valence-electron chi connectivity index (χ1n) is 15.9. The Kier molecular flexibility index (Phi) is 9.31. The van der Waals surface area contributed by atoms with Crippen LogP contribution >= 0.6 is 0 Å². The first kappa shape index (κ1) is 30.6. The predicted molar refractivity (Wildman–Crippen MR) is 172 cm³/mol. The monoisotopic (exact) mass is 607 g/mol. The molecular formula is C37H41N3O5. The van der Waals surface area contributed by atoms with Crippen LogP contribution in [-0.4, -0.2) is 66.2 Å². The van der Waals surface area contributed by atoms with Crippen molar-refractivity contribution in [3.05, 3.63) is 106 Å².